The molecule has 1 fully saturated rings. The van der Waals surface area contributed by atoms with E-state index in [-0.39, 0.29) is 10.5 Å². The molecule has 2 aromatic rings. The minimum absolute atomic E-state index is 0.00264. The molecule has 32 heavy (non-hydrogen) atoms. The number of nitrogens with zero attached hydrogens (tertiary/aromatic N) is 2. The highest BCUT2D eigenvalue weighted by atomic mass is 32.2. The van der Waals surface area contributed by atoms with Gasteiger partial charge >= 0.3 is 0 Å². The second kappa shape index (κ2) is 9.45. The molecule has 0 spiro atoms. The summed E-state index contributed by atoms with van der Waals surface area (Å²) >= 11 is 0. The predicted octanol–water partition coefficient (Wildman–Crippen LogP) is 1.40. The van der Waals surface area contributed by atoms with Gasteiger partial charge in [0.15, 0.2) is 0 Å². The summed E-state index contributed by atoms with van der Waals surface area (Å²) in [6.45, 7) is 2.12. The van der Waals surface area contributed by atoms with Crippen molar-refractivity contribution in [2.75, 3.05) is 61.6 Å². The van der Waals surface area contributed by atoms with Crippen molar-refractivity contribution in [3.05, 3.63) is 48.0 Å². The highest BCUT2D eigenvalue weighted by Gasteiger charge is 2.24. The molecule has 174 valence electrons. The third kappa shape index (κ3) is 5.76. The van der Waals surface area contributed by atoms with Crippen molar-refractivity contribution in [3.63, 3.8) is 0 Å². The lowest BCUT2D eigenvalue weighted by Crippen LogP contribution is -2.37. The maximum atomic E-state index is 13.2. The number of benzene rings is 2. The van der Waals surface area contributed by atoms with Gasteiger partial charge in [0.1, 0.15) is 0 Å². The molecule has 0 aliphatic carbocycles. The average Bonchev–Trinajstić information content (AvgIpc) is 2.72. The Morgan fingerprint density at radius 1 is 1.00 bits per heavy atom. The molecule has 1 heterocycles. The van der Waals surface area contributed by atoms with E-state index in [0.29, 0.717) is 43.4 Å². The number of anilines is 3. The van der Waals surface area contributed by atoms with Crippen LogP contribution in [0.4, 0.5) is 17.1 Å². The summed E-state index contributed by atoms with van der Waals surface area (Å²) in [6, 6.07) is 10.7. The van der Waals surface area contributed by atoms with Gasteiger partial charge in [0, 0.05) is 38.6 Å². The molecule has 1 amide bonds. The van der Waals surface area contributed by atoms with E-state index in [1.807, 2.05) is 4.90 Å². The molecule has 2 aromatic carbocycles. The maximum Gasteiger partial charge on any atom is 0.257 e. The highest BCUT2D eigenvalue weighted by Crippen LogP contribution is 2.27. The standard InChI is InChI=1S/C20H26N4O6S2/c1-23(2)32(28,29)17-7-8-19(24-9-11-30-12-10-24)18(14-17)20(25)21-15-5-4-6-16(13-15)22-31(3,26)27/h4-8,13-14,22H,9-12H2,1-3H3,(H,21,25). The first-order chi connectivity index (χ1) is 15.0. The van der Waals surface area contributed by atoms with Gasteiger partial charge in [-0.15, -0.1) is 0 Å². The van der Waals surface area contributed by atoms with Crippen molar-refractivity contribution in [2.24, 2.45) is 0 Å². The van der Waals surface area contributed by atoms with E-state index < -0.39 is 26.0 Å². The monoisotopic (exact) mass is 482 g/mol. The molecule has 0 bridgehead atoms. The number of amides is 1. The summed E-state index contributed by atoms with van der Waals surface area (Å²) in [5, 5.41) is 2.73. The maximum absolute atomic E-state index is 13.2. The first-order valence-corrected chi connectivity index (χ1v) is 13.1. The minimum atomic E-state index is -3.75. The van der Waals surface area contributed by atoms with Crippen LogP contribution in [0.3, 0.4) is 0 Å². The summed E-state index contributed by atoms with van der Waals surface area (Å²) in [6.07, 6.45) is 1.03. The molecule has 0 saturated carbocycles. The fourth-order valence-corrected chi connectivity index (χ4v) is 4.70. The molecule has 1 aliphatic heterocycles. The molecule has 12 heteroatoms. The quantitative estimate of drug-likeness (QED) is 0.611. The second-order valence-electron chi connectivity index (χ2n) is 7.47. The zero-order valence-corrected chi connectivity index (χ0v) is 19.7. The van der Waals surface area contributed by atoms with Gasteiger partial charge in [-0.25, -0.2) is 21.1 Å². The number of ether oxygens (including phenoxy) is 1. The number of carbonyl (C=O) groups excluding carboxylic acids is 1. The summed E-state index contributed by atoms with van der Waals surface area (Å²) in [5.41, 5.74) is 1.44. The fourth-order valence-electron chi connectivity index (χ4n) is 3.22. The Labute approximate surface area is 188 Å². The van der Waals surface area contributed by atoms with Gasteiger partial charge in [0.05, 0.1) is 35.6 Å². The lowest BCUT2D eigenvalue weighted by molar-refractivity contribution is 0.102. The Kier molecular flexibility index (Phi) is 7.08. The number of morpholine rings is 1. The van der Waals surface area contributed by atoms with Gasteiger partial charge in [0.2, 0.25) is 20.0 Å². The van der Waals surface area contributed by atoms with E-state index >= 15 is 0 Å². The van der Waals surface area contributed by atoms with E-state index in [4.69, 9.17) is 4.74 Å². The predicted molar refractivity (Wildman–Crippen MR) is 123 cm³/mol. The van der Waals surface area contributed by atoms with Crippen LogP contribution in [0.2, 0.25) is 0 Å². The molecule has 0 aromatic heterocycles. The van der Waals surface area contributed by atoms with Gasteiger partial charge in [-0.1, -0.05) is 6.07 Å². The topological polar surface area (TPSA) is 125 Å². The smallest absolute Gasteiger partial charge is 0.257 e. The van der Waals surface area contributed by atoms with E-state index in [2.05, 4.69) is 10.0 Å². The van der Waals surface area contributed by atoms with Gasteiger partial charge in [-0.05, 0) is 36.4 Å². The molecular formula is C20H26N4O6S2. The molecule has 1 aliphatic rings. The molecule has 0 radical (unpaired) electrons. The number of carbonyl (C=O) groups is 1. The van der Waals surface area contributed by atoms with Crippen LogP contribution >= 0.6 is 0 Å². The van der Waals surface area contributed by atoms with Crippen molar-refractivity contribution >= 4 is 43.0 Å². The second-order valence-corrected chi connectivity index (χ2v) is 11.4. The summed E-state index contributed by atoms with van der Waals surface area (Å²) in [5.74, 6) is -0.515. The van der Waals surface area contributed by atoms with Crippen molar-refractivity contribution in [2.45, 2.75) is 4.90 Å². The van der Waals surface area contributed by atoms with E-state index in [1.165, 1.54) is 32.3 Å². The van der Waals surface area contributed by atoms with Crippen molar-refractivity contribution < 1.29 is 26.4 Å². The average molecular weight is 483 g/mol. The van der Waals surface area contributed by atoms with Gasteiger partial charge < -0.3 is 15.0 Å². The van der Waals surface area contributed by atoms with Gasteiger partial charge in [-0.2, -0.15) is 0 Å². The Hall–Kier alpha value is -2.67. The number of nitrogens with one attached hydrogen (secondary N) is 2. The Balaban J connectivity index is 1.98. The van der Waals surface area contributed by atoms with E-state index in [0.717, 1.165) is 10.6 Å². The fraction of sp³-hybridized carbons (Fsp3) is 0.350. The van der Waals surface area contributed by atoms with Crippen LogP contribution in [0.1, 0.15) is 10.4 Å². The Bertz CT molecular complexity index is 1210. The van der Waals surface area contributed by atoms with Crippen molar-refractivity contribution in [1.82, 2.24) is 4.31 Å². The van der Waals surface area contributed by atoms with Gasteiger partial charge in [0.25, 0.3) is 5.91 Å². The molecule has 10 nitrogen and oxygen atoms in total. The third-order valence-corrected chi connectivity index (χ3v) is 7.18. The summed E-state index contributed by atoms with van der Waals surface area (Å²) < 4.78 is 57.0. The molecule has 3 rings (SSSR count). The molecular weight excluding hydrogens is 456 g/mol. The van der Waals surface area contributed by atoms with Crippen LogP contribution in [-0.2, 0) is 24.8 Å². The Morgan fingerprint density at radius 2 is 1.66 bits per heavy atom. The Morgan fingerprint density at radius 3 is 2.28 bits per heavy atom. The van der Waals surface area contributed by atoms with Crippen LogP contribution < -0.4 is 14.9 Å². The van der Waals surface area contributed by atoms with Crippen molar-refractivity contribution in [3.8, 4) is 0 Å². The van der Waals surface area contributed by atoms with Crippen molar-refractivity contribution in [1.29, 1.82) is 0 Å². The van der Waals surface area contributed by atoms with Gasteiger partial charge in [-0.3, -0.25) is 9.52 Å². The molecule has 0 atom stereocenters. The highest BCUT2D eigenvalue weighted by molar-refractivity contribution is 7.92. The van der Waals surface area contributed by atoms with Crippen LogP contribution in [0, 0.1) is 0 Å². The SMILES string of the molecule is CN(C)S(=O)(=O)c1ccc(N2CCOCC2)c(C(=O)Nc2cccc(NS(C)(=O)=O)c2)c1. The summed E-state index contributed by atoms with van der Waals surface area (Å²) in [4.78, 5) is 15.2. The normalized spacial score (nSPS) is 14.9. The largest absolute Gasteiger partial charge is 0.378 e. The van der Waals surface area contributed by atoms with Crippen LogP contribution in [0.5, 0.6) is 0 Å². The lowest BCUT2D eigenvalue weighted by Gasteiger charge is -2.30. The van der Waals surface area contributed by atoms with E-state index in [9.17, 15) is 21.6 Å². The zero-order valence-electron chi connectivity index (χ0n) is 18.0. The first-order valence-electron chi connectivity index (χ1n) is 9.76. The molecule has 1 saturated heterocycles. The number of sulfonamides is 2. The van der Waals surface area contributed by atoms with Crippen LogP contribution in [0.25, 0.3) is 0 Å². The summed E-state index contributed by atoms with van der Waals surface area (Å²) in [7, 11) is -4.38. The lowest BCUT2D eigenvalue weighted by atomic mass is 10.1. The first kappa shape index (κ1) is 24.0. The van der Waals surface area contributed by atoms with E-state index in [1.54, 1.807) is 24.3 Å². The third-order valence-electron chi connectivity index (χ3n) is 4.77. The minimum Gasteiger partial charge on any atom is -0.378 e. The number of hydrogen-bond donors (Lipinski definition) is 2. The van der Waals surface area contributed by atoms with Crippen LogP contribution in [-0.4, -0.2) is 73.7 Å². The van der Waals surface area contributed by atoms with Crippen LogP contribution in [0.15, 0.2) is 47.4 Å². The molecule has 0 unspecified atom stereocenters. The molecule has 2 N–H and O–H groups in total. The number of hydrogen-bond acceptors (Lipinski definition) is 7. The number of rotatable bonds is 7. The zero-order chi connectivity index (χ0) is 23.5.